The molecule has 1 aliphatic rings. The molecule has 0 spiro atoms. The Labute approximate surface area is 172 Å². The van der Waals surface area contributed by atoms with Crippen molar-refractivity contribution >= 4 is 54.6 Å². The molecule has 0 radical (unpaired) electrons. The van der Waals surface area contributed by atoms with Gasteiger partial charge in [-0.3, -0.25) is 0 Å². The largest absolute Gasteiger partial charge is 0.362 e. The average Bonchev–Trinajstić information content (AvgIpc) is 3.05. The molecular formula is C17H19BrFN5OS2. The minimum atomic E-state index is -1.39. The van der Waals surface area contributed by atoms with Gasteiger partial charge in [0.1, 0.15) is 10.2 Å². The maximum atomic E-state index is 13.5. The van der Waals surface area contributed by atoms with Crippen molar-refractivity contribution in [1.29, 1.82) is 0 Å². The molecule has 1 fully saturated rings. The molecule has 3 N–H and O–H groups in total. The van der Waals surface area contributed by atoms with Crippen LogP contribution in [0.15, 0.2) is 22.0 Å². The first-order chi connectivity index (χ1) is 13.0. The highest BCUT2D eigenvalue weighted by Crippen LogP contribution is 2.41. The van der Waals surface area contributed by atoms with Gasteiger partial charge in [-0.05, 0) is 45.4 Å². The lowest BCUT2D eigenvalue weighted by Crippen LogP contribution is -2.25. The molecule has 1 atom stereocenters. The van der Waals surface area contributed by atoms with Crippen LogP contribution in [-0.4, -0.2) is 33.9 Å². The van der Waals surface area contributed by atoms with Gasteiger partial charge < -0.3 is 15.8 Å². The standard InChI is InChI=1S/C17H19BrFN5OS2/c18-13-12(8-10(20)3-6-25-17(19)4-5-17)27-15-14(13)22-24-23-16(15)21-9-11-2-1-7-26-11/h1-2,7,10H,3-6,8-9,20H2,(H,21,22,23)/t10-/m0/s1. The molecule has 1 saturated carbocycles. The summed E-state index contributed by atoms with van der Waals surface area (Å²) in [7, 11) is 0. The number of ether oxygens (including phenoxy) is 1. The number of fused-ring (bicyclic) bond motifs is 1. The zero-order valence-corrected chi connectivity index (χ0v) is 17.7. The maximum Gasteiger partial charge on any atom is 0.209 e. The van der Waals surface area contributed by atoms with Crippen molar-refractivity contribution in [2.75, 3.05) is 11.9 Å². The number of hydrogen-bond donors (Lipinski definition) is 2. The summed E-state index contributed by atoms with van der Waals surface area (Å²) < 4.78 is 20.6. The molecule has 0 amide bonds. The summed E-state index contributed by atoms with van der Waals surface area (Å²) in [6.45, 7) is 1.04. The van der Waals surface area contributed by atoms with E-state index in [0.29, 0.717) is 38.8 Å². The van der Waals surface area contributed by atoms with Crippen molar-refractivity contribution in [3.63, 3.8) is 0 Å². The second kappa shape index (κ2) is 8.04. The lowest BCUT2D eigenvalue weighted by atomic mass is 10.1. The number of alkyl halides is 1. The highest BCUT2D eigenvalue weighted by atomic mass is 79.9. The lowest BCUT2D eigenvalue weighted by molar-refractivity contribution is -0.0648. The number of aromatic nitrogens is 3. The van der Waals surface area contributed by atoms with E-state index < -0.39 is 5.85 Å². The molecule has 27 heavy (non-hydrogen) atoms. The van der Waals surface area contributed by atoms with E-state index in [0.717, 1.165) is 25.4 Å². The molecule has 3 heterocycles. The fourth-order valence-electron chi connectivity index (χ4n) is 2.66. The van der Waals surface area contributed by atoms with Crippen molar-refractivity contribution in [2.45, 2.75) is 44.1 Å². The molecule has 3 aromatic heterocycles. The van der Waals surface area contributed by atoms with Crippen LogP contribution in [0.2, 0.25) is 0 Å². The number of thiophene rings is 2. The van der Waals surface area contributed by atoms with Crippen LogP contribution in [0.25, 0.3) is 10.2 Å². The van der Waals surface area contributed by atoms with E-state index in [1.54, 1.807) is 22.7 Å². The van der Waals surface area contributed by atoms with Crippen LogP contribution in [-0.2, 0) is 17.7 Å². The van der Waals surface area contributed by atoms with Gasteiger partial charge in [-0.25, -0.2) is 4.39 Å². The van der Waals surface area contributed by atoms with E-state index in [9.17, 15) is 4.39 Å². The molecule has 0 bridgehead atoms. The van der Waals surface area contributed by atoms with Crippen molar-refractivity contribution < 1.29 is 9.13 Å². The Kier molecular flexibility index (Phi) is 5.70. The molecular weight excluding hydrogens is 453 g/mol. The first-order valence-electron chi connectivity index (χ1n) is 8.69. The molecule has 3 aromatic rings. The van der Waals surface area contributed by atoms with Gasteiger partial charge in [0.2, 0.25) is 5.85 Å². The number of nitrogens with zero attached hydrogens (tertiary/aromatic N) is 3. The number of anilines is 1. The van der Waals surface area contributed by atoms with Crippen LogP contribution in [0, 0.1) is 0 Å². The Morgan fingerprint density at radius 1 is 1.41 bits per heavy atom. The summed E-state index contributed by atoms with van der Waals surface area (Å²) in [6, 6.07) is 3.98. The second-order valence-corrected chi connectivity index (χ2v) is 9.50. The molecule has 0 saturated heterocycles. The number of hydrogen-bond acceptors (Lipinski definition) is 8. The van der Waals surface area contributed by atoms with Crippen LogP contribution < -0.4 is 11.1 Å². The number of nitrogens with two attached hydrogens (primary N) is 1. The average molecular weight is 472 g/mol. The molecule has 0 aliphatic heterocycles. The number of nitrogens with one attached hydrogen (secondary N) is 1. The van der Waals surface area contributed by atoms with E-state index >= 15 is 0 Å². The Bertz CT molecular complexity index is 916. The van der Waals surface area contributed by atoms with Crippen molar-refractivity contribution in [3.05, 3.63) is 31.7 Å². The summed E-state index contributed by atoms with van der Waals surface area (Å²) in [5.74, 6) is -0.669. The highest BCUT2D eigenvalue weighted by molar-refractivity contribution is 9.10. The van der Waals surface area contributed by atoms with Crippen LogP contribution >= 0.6 is 38.6 Å². The molecule has 6 nitrogen and oxygen atoms in total. The minimum Gasteiger partial charge on any atom is -0.362 e. The Balaban J connectivity index is 1.43. The van der Waals surface area contributed by atoms with Gasteiger partial charge in [0.15, 0.2) is 5.82 Å². The number of rotatable bonds is 9. The second-order valence-electron chi connectivity index (χ2n) is 6.57. The van der Waals surface area contributed by atoms with E-state index in [-0.39, 0.29) is 6.04 Å². The van der Waals surface area contributed by atoms with E-state index in [4.69, 9.17) is 10.5 Å². The fraction of sp³-hybridized carbons (Fsp3) is 0.471. The molecule has 1 aliphatic carbocycles. The number of halogens is 2. The molecule has 0 aromatic carbocycles. The topological polar surface area (TPSA) is 86.0 Å². The van der Waals surface area contributed by atoms with Crippen molar-refractivity contribution in [2.24, 2.45) is 5.73 Å². The third-order valence-corrected chi connectivity index (χ3v) is 7.55. The van der Waals surface area contributed by atoms with Gasteiger partial charge in [-0.2, -0.15) is 0 Å². The zero-order chi connectivity index (χ0) is 18.9. The summed E-state index contributed by atoms with van der Waals surface area (Å²) >= 11 is 6.91. The van der Waals surface area contributed by atoms with Gasteiger partial charge in [0, 0.05) is 28.6 Å². The monoisotopic (exact) mass is 471 g/mol. The third kappa shape index (κ3) is 4.62. The zero-order valence-electron chi connectivity index (χ0n) is 14.5. The predicted octanol–water partition coefficient (Wildman–Crippen LogP) is 4.26. The Morgan fingerprint density at radius 3 is 3.00 bits per heavy atom. The van der Waals surface area contributed by atoms with Gasteiger partial charge >= 0.3 is 0 Å². The molecule has 10 heteroatoms. The predicted molar refractivity (Wildman–Crippen MR) is 110 cm³/mol. The normalized spacial score (nSPS) is 16.6. The first kappa shape index (κ1) is 19.1. The van der Waals surface area contributed by atoms with Crippen LogP contribution in [0.4, 0.5) is 10.2 Å². The lowest BCUT2D eigenvalue weighted by Gasteiger charge is -2.12. The quantitative estimate of drug-likeness (QED) is 0.484. The SMILES string of the molecule is N[C@@H](CCOC1(F)CC1)Cc1sc2c(NCc3cccs3)nnnc2c1Br. The smallest absolute Gasteiger partial charge is 0.209 e. The molecule has 4 rings (SSSR count). The van der Waals surface area contributed by atoms with Crippen LogP contribution in [0.1, 0.15) is 29.0 Å². The van der Waals surface area contributed by atoms with Crippen LogP contribution in [0.5, 0.6) is 0 Å². The molecule has 144 valence electrons. The minimum absolute atomic E-state index is 0.111. The summed E-state index contributed by atoms with van der Waals surface area (Å²) in [4.78, 5) is 2.31. The third-order valence-electron chi connectivity index (χ3n) is 4.35. The van der Waals surface area contributed by atoms with Gasteiger partial charge in [0.25, 0.3) is 0 Å². The van der Waals surface area contributed by atoms with Gasteiger partial charge in [-0.1, -0.05) is 6.07 Å². The Hall–Kier alpha value is -1.20. The van der Waals surface area contributed by atoms with Crippen molar-refractivity contribution in [3.8, 4) is 0 Å². The van der Waals surface area contributed by atoms with E-state index in [1.807, 2.05) is 11.4 Å². The van der Waals surface area contributed by atoms with Crippen molar-refractivity contribution in [1.82, 2.24) is 15.4 Å². The summed E-state index contributed by atoms with van der Waals surface area (Å²) in [6.07, 6.45) is 2.27. The van der Waals surface area contributed by atoms with Gasteiger partial charge in [-0.15, -0.1) is 32.9 Å². The van der Waals surface area contributed by atoms with E-state index in [1.165, 1.54) is 4.88 Å². The first-order valence-corrected chi connectivity index (χ1v) is 11.2. The van der Waals surface area contributed by atoms with Crippen LogP contribution in [0.3, 0.4) is 0 Å². The van der Waals surface area contributed by atoms with E-state index in [2.05, 4.69) is 42.7 Å². The summed E-state index contributed by atoms with van der Waals surface area (Å²) in [5.41, 5.74) is 7.00. The highest BCUT2D eigenvalue weighted by Gasteiger charge is 2.44. The Morgan fingerprint density at radius 2 is 2.26 bits per heavy atom. The molecule has 0 unspecified atom stereocenters. The van der Waals surface area contributed by atoms with Gasteiger partial charge in [0.05, 0.1) is 17.6 Å². The maximum absolute atomic E-state index is 13.5. The summed E-state index contributed by atoms with van der Waals surface area (Å²) in [5, 5.41) is 17.6. The fourth-order valence-corrected chi connectivity index (χ4v) is 5.30.